The zero-order valence-electron chi connectivity index (χ0n) is 12.6. The highest BCUT2D eigenvalue weighted by Crippen LogP contribution is 2.44. The van der Waals surface area contributed by atoms with Crippen LogP contribution in [0.3, 0.4) is 0 Å². The molecule has 1 atom stereocenters. The highest BCUT2D eigenvalue weighted by molar-refractivity contribution is 5.73. The Hall–Kier alpha value is -1.75. The van der Waals surface area contributed by atoms with Crippen molar-refractivity contribution in [2.75, 3.05) is 27.2 Å². The Labute approximate surface area is 125 Å². The van der Waals surface area contributed by atoms with Gasteiger partial charge in [-0.25, -0.2) is 4.79 Å². The zero-order valence-corrected chi connectivity index (χ0v) is 12.6. The molecular formula is C16H22N2O3. The van der Waals surface area contributed by atoms with Crippen molar-refractivity contribution in [3.8, 4) is 5.75 Å². The molecule has 5 nitrogen and oxygen atoms in total. The van der Waals surface area contributed by atoms with Gasteiger partial charge in [-0.05, 0) is 6.07 Å². The Bertz CT molecular complexity index is 536. The van der Waals surface area contributed by atoms with Gasteiger partial charge < -0.3 is 19.6 Å². The average molecular weight is 290 g/mol. The van der Waals surface area contributed by atoms with E-state index in [1.807, 2.05) is 29.2 Å². The lowest BCUT2D eigenvalue weighted by Gasteiger charge is -2.46. The fourth-order valence-corrected chi connectivity index (χ4v) is 3.28. The van der Waals surface area contributed by atoms with Crippen molar-refractivity contribution in [2.45, 2.75) is 31.0 Å². The monoisotopic (exact) mass is 290 g/mol. The van der Waals surface area contributed by atoms with E-state index in [0.717, 1.165) is 24.2 Å². The van der Waals surface area contributed by atoms with Crippen molar-refractivity contribution in [1.29, 1.82) is 0 Å². The first-order valence-electron chi connectivity index (χ1n) is 7.43. The molecule has 2 aliphatic heterocycles. The molecule has 2 amide bonds. The summed E-state index contributed by atoms with van der Waals surface area (Å²) < 4.78 is 6.21. The number of carbonyl (C=O) groups excluding carboxylic acids is 1. The molecule has 1 N–H and O–H groups in total. The predicted octanol–water partition coefficient (Wildman–Crippen LogP) is 2.02. The second-order valence-electron chi connectivity index (χ2n) is 6.21. The highest BCUT2D eigenvalue weighted by atomic mass is 16.5. The van der Waals surface area contributed by atoms with E-state index in [0.29, 0.717) is 19.5 Å². The van der Waals surface area contributed by atoms with Crippen molar-refractivity contribution in [1.82, 2.24) is 9.80 Å². The molecular weight excluding hydrogens is 268 g/mol. The van der Waals surface area contributed by atoms with Gasteiger partial charge >= 0.3 is 6.03 Å². The van der Waals surface area contributed by atoms with Gasteiger partial charge in [0.25, 0.3) is 0 Å². The largest absolute Gasteiger partial charge is 0.487 e. The maximum atomic E-state index is 12.0. The fraction of sp³-hybridized carbons (Fsp3) is 0.562. The Balaban J connectivity index is 1.73. The standard InChI is InChI=1S/C16H22N2O3/c1-17(2)15(20)18-9-7-16(8-10-18)11-13(19)12-5-3-4-6-14(12)21-16/h3-6,13,19H,7-11H2,1-2H3/t13-/m1/s1. The molecule has 114 valence electrons. The number of hydrogen-bond acceptors (Lipinski definition) is 3. The molecule has 1 aromatic rings. The molecule has 1 saturated heterocycles. The SMILES string of the molecule is CN(C)C(=O)N1CCC2(CC1)C[C@@H](O)c1ccccc1O2. The van der Waals surface area contributed by atoms with E-state index in [2.05, 4.69) is 0 Å². The number of fused-ring (bicyclic) bond motifs is 1. The molecule has 3 rings (SSSR count). The minimum absolute atomic E-state index is 0.0432. The first-order chi connectivity index (χ1) is 10.0. The molecule has 0 unspecified atom stereocenters. The maximum Gasteiger partial charge on any atom is 0.319 e. The van der Waals surface area contributed by atoms with Crippen LogP contribution in [0.25, 0.3) is 0 Å². The molecule has 0 saturated carbocycles. The summed E-state index contributed by atoms with van der Waals surface area (Å²) >= 11 is 0. The first kappa shape index (κ1) is 14.2. The van der Waals surface area contributed by atoms with Crippen molar-refractivity contribution in [2.24, 2.45) is 0 Å². The van der Waals surface area contributed by atoms with Crippen molar-refractivity contribution in [3.63, 3.8) is 0 Å². The van der Waals surface area contributed by atoms with Gasteiger partial charge in [-0.3, -0.25) is 0 Å². The maximum absolute atomic E-state index is 12.0. The third kappa shape index (κ3) is 2.58. The minimum atomic E-state index is -0.481. The molecule has 0 radical (unpaired) electrons. The predicted molar refractivity (Wildman–Crippen MR) is 79.3 cm³/mol. The van der Waals surface area contributed by atoms with Crippen molar-refractivity contribution < 1.29 is 14.6 Å². The van der Waals surface area contributed by atoms with E-state index < -0.39 is 6.10 Å². The molecule has 5 heteroatoms. The van der Waals surface area contributed by atoms with Gasteiger partial charge in [0.05, 0.1) is 6.10 Å². The molecule has 1 fully saturated rings. The van der Waals surface area contributed by atoms with Crippen LogP contribution in [0.2, 0.25) is 0 Å². The van der Waals surface area contributed by atoms with Gasteiger partial charge in [0.1, 0.15) is 11.4 Å². The van der Waals surface area contributed by atoms with E-state index in [1.54, 1.807) is 19.0 Å². The number of para-hydroxylation sites is 1. The molecule has 0 bridgehead atoms. The average Bonchev–Trinajstić information content (AvgIpc) is 2.47. The second-order valence-corrected chi connectivity index (χ2v) is 6.21. The van der Waals surface area contributed by atoms with Crippen LogP contribution in [0, 0.1) is 0 Å². The number of likely N-dealkylation sites (tertiary alicyclic amines) is 1. The quantitative estimate of drug-likeness (QED) is 0.795. The number of ether oxygens (including phenoxy) is 1. The van der Waals surface area contributed by atoms with E-state index in [-0.39, 0.29) is 11.6 Å². The van der Waals surface area contributed by atoms with Crippen LogP contribution >= 0.6 is 0 Å². The molecule has 21 heavy (non-hydrogen) atoms. The Morgan fingerprint density at radius 2 is 2.00 bits per heavy atom. The van der Waals surface area contributed by atoms with E-state index in [9.17, 15) is 9.90 Å². The number of rotatable bonds is 0. The van der Waals surface area contributed by atoms with E-state index >= 15 is 0 Å². The second kappa shape index (κ2) is 5.22. The van der Waals surface area contributed by atoms with E-state index in [1.165, 1.54) is 0 Å². The van der Waals surface area contributed by atoms with Gasteiger partial charge in [-0.2, -0.15) is 0 Å². The van der Waals surface area contributed by atoms with Crippen molar-refractivity contribution in [3.05, 3.63) is 29.8 Å². The van der Waals surface area contributed by atoms with Crippen molar-refractivity contribution >= 4 is 6.03 Å². The summed E-state index contributed by atoms with van der Waals surface area (Å²) in [6.45, 7) is 1.35. The molecule has 1 aromatic carbocycles. The van der Waals surface area contributed by atoms with Gasteiger partial charge in [0.2, 0.25) is 0 Å². The summed E-state index contributed by atoms with van der Waals surface area (Å²) in [5.74, 6) is 0.781. The lowest BCUT2D eigenvalue weighted by Crippen LogP contribution is -2.53. The number of benzene rings is 1. The summed E-state index contributed by atoms with van der Waals surface area (Å²) in [5.41, 5.74) is 0.534. The number of amides is 2. The van der Waals surface area contributed by atoms with Gasteiger partial charge in [-0.15, -0.1) is 0 Å². The summed E-state index contributed by atoms with van der Waals surface area (Å²) in [7, 11) is 3.54. The lowest BCUT2D eigenvalue weighted by atomic mass is 9.82. The normalized spacial score (nSPS) is 23.4. The third-order valence-corrected chi connectivity index (χ3v) is 4.50. The highest BCUT2D eigenvalue weighted by Gasteiger charge is 2.43. The van der Waals surface area contributed by atoms with E-state index in [4.69, 9.17) is 4.74 Å². The number of nitrogens with zero attached hydrogens (tertiary/aromatic N) is 2. The first-order valence-corrected chi connectivity index (χ1v) is 7.43. The smallest absolute Gasteiger partial charge is 0.319 e. The Morgan fingerprint density at radius 3 is 2.67 bits per heavy atom. The summed E-state index contributed by atoms with van der Waals surface area (Å²) in [6, 6.07) is 7.72. The van der Waals surface area contributed by atoms with Crippen LogP contribution < -0.4 is 4.74 Å². The molecule has 0 aliphatic carbocycles. The van der Waals surface area contributed by atoms with Crippen LogP contribution in [-0.4, -0.2) is 53.7 Å². The van der Waals surface area contributed by atoms with Gasteiger partial charge in [0.15, 0.2) is 0 Å². The number of urea groups is 1. The molecule has 2 aliphatic rings. The Kier molecular flexibility index (Phi) is 3.53. The van der Waals surface area contributed by atoms with Gasteiger partial charge in [-0.1, -0.05) is 18.2 Å². The van der Waals surface area contributed by atoms with Crippen LogP contribution in [0.4, 0.5) is 4.79 Å². The number of piperidine rings is 1. The number of carbonyl (C=O) groups is 1. The number of hydrogen-bond donors (Lipinski definition) is 1. The number of aliphatic hydroxyl groups is 1. The summed E-state index contributed by atoms with van der Waals surface area (Å²) in [4.78, 5) is 15.4. The summed E-state index contributed by atoms with van der Waals surface area (Å²) in [5, 5.41) is 10.4. The zero-order chi connectivity index (χ0) is 15.0. The fourth-order valence-electron chi connectivity index (χ4n) is 3.28. The number of aliphatic hydroxyl groups excluding tert-OH is 1. The molecule has 2 heterocycles. The molecule has 0 aromatic heterocycles. The summed E-state index contributed by atoms with van der Waals surface area (Å²) in [6.07, 6.45) is 1.65. The van der Waals surface area contributed by atoms with Gasteiger partial charge in [0, 0.05) is 52.0 Å². The van der Waals surface area contributed by atoms with Crippen LogP contribution in [-0.2, 0) is 0 Å². The topological polar surface area (TPSA) is 53.0 Å². The van der Waals surface area contributed by atoms with Crippen LogP contribution in [0.15, 0.2) is 24.3 Å². The Morgan fingerprint density at radius 1 is 1.33 bits per heavy atom. The third-order valence-electron chi connectivity index (χ3n) is 4.50. The lowest BCUT2D eigenvalue weighted by molar-refractivity contribution is -0.0488. The molecule has 1 spiro atoms. The van der Waals surface area contributed by atoms with Crippen LogP contribution in [0.1, 0.15) is 30.9 Å². The minimum Gasteiger partial charge on any atom is -0.487 e. The van der Waals surface area contributed by atoms with Crippen LogP contribution in [0.5, 0.6) is 5.75 Å².